The summed E-state index contributed by atoms with van der Waals surface area (Å²) < 4.78 is 13.2. The minimum Gasteiger partial charge on any atom is -0.367 e. The number of hydrogen-bond donors (Lipinski definition) is 0. The van der Waals surface area contributed by atoms with Gasteiger partial charge in [-0.05, 0) is 19.4 Å². The van der Waals surface area contributed by atoms with Crippen LogP contribution in [0.4, 0.5) is 0 Å². The number of thiazole rings is 1. The van der Waals surface area contributed by atoms with Crippen molar-refractivity contribution in [1.29, 1.82) is 0 Å². The maximum absolute atomic E-state index is 6.00. The third kappa shape index (κ3) is 2.95. The highest BCUT2D eigenvalue weighted by atomic mass is 32.1. The molecule has 8 nitrogen and oxygen atoms in total. The average Bonchev–Trinajstić information content (AvgIpc) is 3.41. The van der Waals surface area contributed by atoms with Crippen molar-refractivity contribution in [3.63, 3.8) is 0 Å². The van der Waals surface area contributed by atoms with Crippen molar-refractivity contribution in [2.24, 2.45) is 7.05 Å². The van der Waals surface area contributed by atoms with Gasteiger partial charge in [0.2, 0.25) is 5.82 Å². The van der Waals surface area contributed by atoms with Gasteiger partial charge in [-0.25, -0.2) is 4.98 Å². The van der Waals surface area contributed by atoms with E-state index in [1.165, 1.54) is 30.6 Å². The topological polar surface area (TPSA) is 82.1 Å². The minimum absolute atomic E-state index is 0.127. The van der Waals surface area contributed by atoms with Crippen LogP contribution in [0.5, 0.6) is 0 Å². The zero-order valence-corrected chi connectivity index (χ0v) is 15.4. The second-order valence-corrected chi connectivity index (χ2v) is 7.72. The lowest BCUT2D eigenvalue weighted by Gasteiger charge is -2.41. The molecule has 26 heavy (non-hydrogen) atoms. The quantitative estimate of drug-likeness (QED) is 0.699. The molecule has 5 heterocycles. The zero-order chi connectivity index (χ0) is 17.5. The zero-order valence-electron chi connectivity index (χ0n) is 14.5. The van der Waals surface area contributed by atoms with Crippen LogP contribution >= 0.6 is 11.3 Å². The summed E-state index contributed by atoms with van der Waals surface area (Å²) in [7, 11) is 1.89. The third-order valence-corrected chi connectivity index (χ3v) is 5.94. The van der Waals surface area contributed by atoms with Crippen LogP contribution < -0.4 is 0 Å². The maximum Gasteiger partial charge on any atom is 0.277 e. The smallest absolute Gasteiger partial charge is 0.277 e. The molecule has 9 heteroatoms. The second-order valence-electron chi connectivity index (χ2n) is 6.86. The predicted molar refractivity (Wildman–Crippen MR) is 95.5 cm³/mol. The van der Waals surface area contributed by atoms with Crippen molar-refractivity contribution in [3.05, 3.63) is 23.6 Å². The van der Waals surface area contributed by atoms with E-state index in [0.717, 1.165) is 30.3 Å². The van der Waals surface area contributed by atoms with Gasteiger partial charge >= 0.3 is 0 Å². The summed E-state index contributed by atoms with van der Waals surface area (Å²) >= 11 is 1.54. The van der Waals surface area contributed by atoms with Gasteiger partial charge in [0.1, 0.15) is 16.8 Å². The molecule has 3 aromatic rings. The fourth-order valence-corrected chi connectivity index (χ4v) is 4.41. The average molecular weight is 372 g/mol. The van der Waals surface area contributed by atoms with E-state index in [2.05, 4.69) is 25.1 Å². The maximum atomic E-state index is 6.00. The molecule has 1 unspecified atom stereocenters. The lowest BCUT2D eigenvalue weighted by Crippen LogP contribution is -2.49. The number of nitrogens with zero attached hydrogens (tertiary/aromatic N) is 6. The molecule has 0 aliphatic carbocycles. The molecule has 3 aromatic heterocycles. The first-order valence-electron chi connectivity index (χ1n) is 8.90. The van der Waals surface area contributed by atoms with Crippen molar-refractivity contribution in [2.75, 3.05) is 19.7 Å². The molecule has 0 amide bonds. The molecule has 2 aliphatic rings. The van der Waals surface area contributed by atoms with Gasteiger partial charge in [0.05, 0.1) is 12.8 Å². The van der Waals surface area contributed by atoms with Gasteiger partial charge in [0, 0.05) is 36.8 Å². The van der Waals surface area contributed by atoms with Gasteiger partial charge in [-0.1, -0.05) is 11.6 Å². The Bertz CT molecular complexity index is 903. The molecule has 0 radical (unpaired) electrons. The summed E-state index contributed by atoms with van der Waals surface area (Å²) in [6, 6.07) is 0.548. The van der Waals surface area contributed by atoms with Gasteiger partial charge < -0.3 is 9.26 Å². The number of aryl methyl sites for hydroxylation is 1. The van der Waals surface area contributed by atoms with Crippen LogP contribution in [0.25, 0.3) is 22.2 Å². The van der Waals surface area contributed by atoms with Crippen LogP contribution in [0.15, 0.2) is 22.3 Å². The fraction of sp³-hybridized carbons (Fsp3) is 0.529. The third-order valence-electron chi connectivity index (χ3n) is 5.04. The Morgan fingerprint density at radius 2 is 2.23 bits per heavy atom. The van der Waals surface area contributed by atoms with Crippen LogP contribution in [-0.2, 0) is 11.8 Å². The molecule has 136 valence electrons. The summed E-state index contributed by atoms with van der Waals surface area (Å²) in [5.41, 5.74) is 1.68. The van der Waals surface area contributed by atoms with E-state index in [1.54, 1.807) is 10.9 Å². The molecule has 0 aromatic carbocycles. The molecular formula is C17H20N6O2S. The van der Waals surface area contributed by atoms with Crippen molar-refractivity contribution in [2.45, 2.75) is 31.4 Å². The number of piperidine rings is 1. The molecule has 2 saturated heterocycles. The Kier molecular flexibility index (Phi) is 4.07. The van der Waals surface area contributed by atoms with Gasteiger partial charge in [0.15, 0.2) is 0 Å². The number of hydrogen-bond acceptors (Lipinski definition) is 8. The van der Waals surface area contributed by atoms with Gasteiger partial charge in [-0.3, -0.25) is 9.58 Å². The predicted octanol–water partition coefficient (Wildman–Crippen LogP) is 2.52. The van der Waals surface area contributed by atoms with E-state index in [9.17, 15) is 0 Å². The Morgan fingerprint density at radius 1 is 1.27 bits per heavy atom. The molecule has 0 bridgehead atoms. The Balaban J connectivity index is 1.33. The molecule has 2 atom stereocenters. The highest BCUT2D eigenvalue weighted by Crippen LogP contribution is 2.31. The van der Waals surface area contributed by atoms with E-state index in [4.69, 9.17) is 9.26 Å². The first-order valence-corrected chi connectivity index (χ1v) is 9.78. The number of fused-ring (bicyclic) bond motifs is 1. The fourth-order valence-electron chi connectivity index (χ4n) is 3.64. The Labute approximate surface area is 154 Å². The summed E-state index contributed by atoms with van der Waals surface area (Å²) in [6.45, 7) is 2.72. The van der Waals surface area contributed by atoms with Crippen LogP contribution in [0.3, 0.4) is 0 Å². The van der Waals surface area contributed by atoms with Gasteiger partial charge in [-0.2, -0.15) is 10.1 Å². The lowest BCUT2D eigenvalue weighted by atomic mass is 10.0. The number of morpholine rings is 1. The van der Waals surface area contributed by atoms with E-state index < -0.39 is 0 Å². The molecule has 0 spiro atoms. The summed E-state index contributed by atoms with van der Waals surface area (Å²) in [4.78, 5) is 11.7. The monoisotopic (exact) mass is 372 g/mol. The molecule has 0 N–H and O–H groups in total. The standard InChI is InChI=1S/C17H20N6O2S/c1-22-7-11(6-18-22)17-19-13(10-26-17)16-20-15(21-25-16)14-8-23-5-3-2-4-12(23)9-24-14/h6-7,10,12,14H,2-5,8-9H2,1H3/t12?,14-/m1/s1. The summed E-state index contributed by atoms with van der Waals surface area (Å²) in [5, 5.41) is 11.2. The highest BCUT2D eigenvalue weighted by molar-refractivity contribution is 7.13. The molecule has 2 aliphatic heterocycles. The Morgan fingerprint density at radius 3 is 3.12 bits per heavy atom. The van der Waals surface area contributed by atoms with Crippen LogP contribution in [0.2, 0.25) is 0 Å². The van der Waals surface area contributed by atoms with E-state index in [1.807, 2.05) is 18.6 Å². The summed E-state index contributed by atoms with van der Waals surface area (Å²) in [5.74, 6) is 1.05. The second kappa shape index (κ2) is 6.57. The minimum atomic E-state index is -0.127. The Hall–Kier alpha value is -2.10. The lowest BCUT2D eigenvalue weighted by molar-refractivity contribution is -0.0805. The first kappa shape index (κ1) is 16.1. The SMILES string of the molecule is Cn1cc(-c2nc(-c3nc([C@H]4CN5CCCCC5CO4)no3)cs2)cn1. The van der Waals surface area contributed by atoms with Crippen LogP contribution in [0.1, 0.15) is 31.2 Å². The van der Waals surface area contributed by atoms with Crippen molar-refractivity contribution < 1.29 is 9.26 Å². The van der Waals surface area contributed by atoms with Gasteiger partial charge in [-0.15, -0.1) is 11.3 Å². The number of ether oxygens (including phenoxy) is 1. The van der Waals surface area contributed by atoms with Crippen LogP contribution in [0, 0.1) is 0 Å². The van der Waals surface area contributed by atoms with Gasteiger partial charge in [0.25, 0.3) is 5.89 Å². The highest BCUT2D eigenvalue weighted by Gasteiger charge is 2.33. The molecule has 5 rings (SSSR count). The van der Waals surface area contributed by atoms with E-state index in [0.29, 0.717) is 23.5 Å². The van der Waals surface area contributed by atoms with Crippen molar-refractivity contribution in [3.8, 4) is 22.2 Å². The summed E-state index contributed by atoms with van der Waals surface area (Å²) in [6.07, 6.45) is 7.39. The number of aromatic nitrogens is 5. The largest absolute Gasteiger partial charge is 0.367 e. The van der Waals surface area contributed by atoms with Crippen molar-refractivity contribution >= 4 is 11.3 Å². The molecule has 0 saturated carbocycles. The van der Waals surface area contributed by atoms with Crippen molar-refractivity contribution in [1.82, 2.24) is 29.8 Å². The molecular weight excluding hydrogens is 352 g/mol. The van der Waals surface area contributed by atoms with E-state index in [-0.39, 0.29) is 6.10 Å². The van der Waals surface area contributed by atoms with Crippen LogP contribution in [-0.4, -0.2) is 55.5 Å². The normalized spacial score (nSPS) is 23.9. The molecule has 2 fully saturated rings. The first-order chi connectivity index (χ1) is 12.8. The number of rotatable bonds is 3. The van der Waals surface area contributed by atoms with E-state index >= 15 is 0 Å².